The zero-order valence-electron chi connectivity index (χ0n) is 9.20. The van der Waals surface area contributed by atoms with Crippen molar-refractivity contribution < 1.29 is 33.0 Å². The smallest absolute Gasteiger partial charge is 0.379 e. The quantitative estimate of drug-likeness (QED) is 0.501. The van der Waals surface area contributed by atoms with Gasteiger partial charge in [-0.2, -0.15) is 0 Å². The molecule has 1 rings (SSSR count). The molecule has 0 fully saturated rings. The average molecular weight is 258 g/mol. The molecule has 1 aromatic rings. The molecular formula is C11H8F2O5. The summed E-state index contributed by atoms with van der Waals surface area (Å²) < 4.78 is 30.5. The zero-order valence-corrected chi connectivity index (χ0v) is 9.20. The van der Waals surface area contributed by atoms with Crippen LogP contribution in [0.5, 0.6) is 0 Å². The van der Waals surface area contributed by atoms with E-state index in [9.17, 15) is 23.2 Å². The highest BCUT2D eigenvalue weighted by molar-refractivity contribution is 6.40. The van der Waals surface area contributed by atoms with E-state index < -0.39 is 40.5 Å². The van der Waals surface area contributed by atoms with Crippen molar-refractivity contribution in [1.82, 2.24) is 0 Å². The Balaban J connectivity index is 3.23. The van der Waals surface area contributed by atoms with Crippen molar-refractivity contribution in [2.24, 2.45) is 0 Å². The van der Waals surface area contributed by atoms with E-state index in [1.807, 2.05) is 0 Å². The fourth-order valence-electron chi connectivity index (χ4n) is 1.19. The maximum atomic E-state index is 13.1. The van der Waals surface area contributed by atoms with E-state index in [0.29, 0.717) is 12.1 Å². The molecule has 96 valence electrons. The van der Waals surface area contributed by atoms with Gasteiger partial charge < -0.3 is 9.84 Å². The fourth-order valence-corrected chi connectivity index (χ4v) is 1.19. The summed E-state index contributed by atoms with van der Waals surface area (Å²) in [5, 5.41) is 8.60. The van der Waals surface area contributed by atoms with Gasteiger partial charge in [-0.3, -0.25) is 4.79 Å². The van der Waals surface area contributed by atoms with E-state index >= 15 is 0 Å². The van der Waals surface area contributed by atoms with Crippen LogP contribution >= 0.6 is 0 Å². The third kappa shape index (κ3) is 2.68. The van der Waals surface area contributed by atoms with Crippen LogP contribution in [0.3, 0.4) is 0 Å². The first kappa shape index (κ1) is 13.8. The van der Waals surface area contributed by atoms with Gasteiger partial charge in [0, 0.05) is 5.56 Å². The number of carbonyl (C=O) groups excluding carboxylic acids is 2. The van der Waals surface area contributed by atoms with Crippen LogP contribution in [0.15, 0.2) is 12.1 Å². The first-order valence-corrected chi connectivity index (χ1v) is 4.82. The van der Waals surface area contributed by atoms with Crippen LogP contribution in [0.4, 0.5) is 8.78 Å². The molecule has 0 aliphatic heterocycles. The number of carboxylic acid groups (broad SMARTS) is 1. The molecule has 18 heavy (non-hydrogen) atoms. The molecule has 5 nitrogen and oxygen atoms in total. The van der Waals surface area contributed by atoms with E-state index in [4.69, 9.17) is 5.11 Å². The van der Waals surface area contributed by atoms with E-state index in [1.54, 1.807) is 0 Å². The number of hydrogen-bond donors (Lipinski definition) is 1. The van der Waals surface area contributed by atoms with Gasteiger partial charge in [0.2, 0.25) is 0 Å². The van der Waals surface area contributed by atoms with Gasteiger partial charge in [-0.25, -0.2) is 18.4 Å². The van der Waals surface area contributed by atoms with Gasteiger partial charge in [-0.05, 0) is 19.1 Å². The van der Waals surface area contributed by atoms with Crippen LogP contribution in [-0.4, -0.2) is 29.4 Å². The maximum Gasteiger partial charge on any atom is 0.379 e. The second-order valence-electron chi connectivity index (χ2n) is 3.17. The summed E-state index contributed by atoms with van der Waals surface area (Å²) in [5.41, 5.74) is -1.60. The molecule has 0 saturated carbocycles. The lowest BCUT2D eigenvalue weighted by atomic mass is 10.1. The second-order valence-corrected chi connectivity index (χ2v) is 3.17. The van der Waals surface area contributed by atoms with Crippen LogP contribution in [0.2, 0.25) is 0 Å². The molecule has 0 saturated heterocycles. The zero-order chi connectivity index (χ0) is 13.9. The molecule has 0 aliphatic rings. The largest absolute Gasteiger partial charge is 0.478 e. The topological polar surface area (TPSA) is 80.7 Å². The molecule has 7 heteroatoms. The number of carbonyl (C=O) groups is 3. The number of ketones is 1. The molecule has 1 aromatic carbocycles. The Kier molecular flexibility index (Phi) is 4.09. The van der Waals surface area contributed by atoms with Crippen LogP contribution in [0.25, 0.3) is 0 Å². The number of esters is 1. The van der Waals surface area contributed by atoms with Gasteiger partial charge in [-0.15, -0.1) is 0 Å². The summed E-state index contributed by atoms with van der Waals surface area (Å²) in [6.07, 6.45) is 0. The highest BCUT2D eigenvalue weighted by Crippen LogP contribution is 2.16. The van der Waals surface area contributed by atoms with Crippen LogP contribution in [0, 0.1) is 11.6 Å². The molecule has 0 aromatic heterocycles. The predicted molar refractivity (Wildman–Crippen MR) is 54.3 cm³/mol. The fraction of sp³-hybridized carbons (Fsp3) is 0.182. The number of benzene rings is 1. The van der Waals surface area contributed by atoms with Gasteiger partial charge in [0.05, 0.1) is 12.2 Å². The average Bonchev–Trinajstić information content (AvgIpc) is 2.31. The second kappa shape index (κ2) is 5.35. The minimum absolute atomic E-state index is 0.0694. The maximum absolute atomic E-state index is 13.1. The summed E-state index contributed by atoms with van der Waals surface area (Å²) >= 11 is 0. The number of hydrogen-bond acceptors (Lipinski definition) is 4. The van der Waals surface area contributed by atoms with Crippen molar-refractivity contribution in [2.45, 2.75) is 6.92 Å². The minimum Gasteiger partial charge on any atom is -0.478 e. The Hall–Kier alpha value is -2.31. The Labute approximate surface area is 100.0 Å². The lowest BCUT2D eigenvalue weighted by Gasteiger charge is -2.04. The van der Waals surface area contributed by atoms with Crippen LogP contribution in [-0.2, 0) is 9.53 Å². The van der Waals surface area contributed by atoms with E-state index in [2.05, 4.69) is 4.74 Å². The standard InChI is InChI=1S/C11H8F2O5/c1-2-18-11(17)9(14)5-3-6(10(15)16)8(13)7(12)4-5/h3-4H,2H2,1H3,(H,15,16). The van der Waals surface area contributed by atoms with Gasteiger partial charge in [0.1, 0.15) is 0 Å². The molecule has 1 N–H and O–H groups in total. The number of carboxylic acids is 1. The first-order chi connectivity index (χ1) is 8.38. The molecular weight excluding hydrogens is 250 g/mol. The van der Waals surface area contributed by atoms with E-state index in [-0.39, 0.29) is 6.61 Å². The summed E-state index contributed by atoms with van der Waals surface area (Å²) in [5.74, 6) is -7.37. The molecule has 0 bridgehead atoms. The summed E-state index contributed by atoms with van der Waals surface area (Å²) in [7, 11) is 0. The molecule has 0 spiro atoms. The number of ether oxygens (including phenoxy) is 1. The lowest BCUT2D eigenvalue weighted by Crippen LogP contribution is -2.19. The number of halogens is 2. The Bertz CT molecular complexity index is 524. The molecule has 0 amide bonds. The van der Waals surface area contributed by atoms with Crippen molar-refractivity contribution >= 4 is 17.7 Å². The first-order valence-electron chi connectivity index (χ1n) is 4.82. The van der Waals surface area contributed by atoms with Crippen molar-refractivity contribution in [3.05, 3.63) is 34.9 Å². The minimum atomic E-state index is -1.75. The molecule has 0 atom stereocenters. The summed E-state index contributed by atoms with van der Waals surface area (Å²) in [4.78, 5) is 33.1. The van der Waals surface area contributed by atoms with Crippen LogP contribution < -0.4 is 0 Å². The number of aromatic carboxylic acids is 1. The van der Waals surface area contributed by atoms with Gasteiger partial charge >= 0.3 is 11.9 Å². The lowest BCUT2D eigenvalue weighted by molar-refractivity contribution is -0.137. The van der Waals surface area contributed by atoms with Gasteiger partial charge in [0.25, 0.3) is 5.78 Å². The molecule has 0 heterocycles. The predicted octanol–water partition coefficient (Wildman–Crippen LogP) is 1.41. The SMILES string of the molecule is CCOC(=O)C(=O)c1cc(F)c(F)c(C(=O)O)c1. The molecule has 0 aliphatic carbocycles. The third-order valence-electron chi connectivity index (χ3n) is 1.98. The van der Waals surface area contributed by atoms with Crippen LogP contribution in [0.1, 0.15) is 27.6 Å². The Morgan fingerprint density at radius 2 is 1.89 bits per heavy atom. The highest BCUT2D eigenvalue weighted by atomic mass is 19.2. The third-order valence-corrected chi connectivity index (χ3v) is 1.98. The van der Waals surface area contributed by atoms with Gasteiger partial charge in [0.15, 0.2) is 11.6 Å². The monoisotopic (exact) mass is 258 g/mol. The molecule has 0 unspecified atom stereocenters. The normalized spacial score (nSPS) is 9.94. The van der Waals surface area contributed by atoms with Crippen molar-refractivity contribution in [3.8, 4) is 0 Å². The van der Waals surface area contributed by atoms with Crippen molar-refractivity contribution in [3.63, 3.8) is 0 Å². The Morgan fingerprint density at radius 1 is 1.28 bits per heavy atom. The van der Waals surface area contributed by atoms with Crippen molar-refractivity contribution in [2.75, 3.05) is 6.61 Å². The summed E-state index contributed by atoms with van der Waals surface area (Å²) in [6, 6.07) is 1.03. The van der Waals surface area contributed by atoms with E-state index in [0.717, 1.165) is 0 Å². The van der Waals surface area contributed by atoms with Crippen molar-refractivity contribution in [1.29, 1.82) is 0 Å². The number of Topliss-reactive ketones (excluding diaryl/α,β-unsaturated/α-hetero) is 1. The van der Waals surface area contributed by atoms with Gasteiger partial charge in [-0.1, -0.05) is 0 Å². The highest BCUT2D eigenvalue weighted by Gasteiger charge is 2.23. The molecule has 0 radical (unpaired) electrons. The number of rotatable bonds is 4. The van der Waals surface area contributed by atoms with E-state index in [1.165, 1.54) is 6.92 Å². The Morgan fingerprint density at radius 3 is 2.39 bits per heavy atom. The summed E-state index contributed by atoms with van der Waals surface area (Å²) in [6.45, 7) is 1.39.